The lowest BCUT2D eigenvalue weighted by Gasteiger charge is -2.29. The van der Waals surface area contributed by atoms with Gasteiger partial charge in [-0.05, 0) is 17.7 Å². The minimum Gasteiger partial charge on any atom is -0.497 e. The van der Waals surface area contributed by atoms with Crippen molar-refractivity contribution in [3.8, 4) is 11.5 Å². The minimum atomic E-state index is -0.543. The number of benzene rings is 2. The molecule has 2 aliphatic rings. The zero-order valence-corrected chi connectivity index (χ0v) is 14.9. The number of hydrogen-bond donors (Lipinski definition) is 0. The number of amides is 2. The zero-order chi connectivity index (χ0) is 18.8. The van der Waals surface area contributed by atoms with Crippen LogP contribution < -0.4 is 14.8 Å². The molecule has 2 heterocycles. The molecule has 0 aliphatic carbocycles. The topological polar surface area (TPSA) is 77.6 Å². The molecule has 27 heavy (non-hydrogen) atoms. The molecule has 0 aromatic heterocycles. The third-order valence-electron chi connectivity index (χ3n) is 4.33. The summed E-state index contributed by atoms with van der Waals surface area (Å²) in [4.78, 5) is 22.0. The van der Waals surface area contributed by atoms with Crippen molar-refractivity contribution in [2.45, 2.75) is 6.54 Å². The summed E-state index contributed by atoms with van der Waals surface area (Å²) in [6, 6.07) is 14.9. The van der Waals surface area contributed by atoms with Gasteiger partial charge in [0.15, 0.2) is 5.84 Å². The molecule has 2 aliphatic heterocycles. The number of fused-ring (bicyclic) bond motifs is 1. The Morgan fingerprint density at radius 2 is 1.85 bits per heavy atom. The zero-order valence-electron chi connectivity index (χ0n) is 14.9. The maximum absolute atomic E-state index is 11.7. The number of hydrogen-bond acceptors (Lipinski definition) is 5. The lowest BCUT2D eigenvalue weighted by molar-refractivity contribution is 0.253. The van der Waals surface area contributed by atoms with Gasteiger partial charge in [0.25, 0.3) is 0 Å². The van der Waals surface area contributed by atoms with Gasteiger partial charge >= 0.3 is 6.03 Å². The van der Waals surface area contributed by atoms with E-state index < -0.39 is 6.03 Å². The molecule has 7 nitrogen and oxygen atoms in total. The van der Waals surface area contributed by atoms with Crippen molar-refractivity contribution in [3.05, 3.63) is 65.9 Å². The number of ether oxygens (including phenoxy) is 2. The van der Waals surface area contributed by atoms with E-state index in [0.717, 1.165) is 16.8 Å². The van der Waals surface area contributed by atoms with E-state index >= 15 is 0 Å². The molecule has 135 valence electrons. The highest BCUT2D eigenvalue weighted by Crippen LogP contribution is 2.35. The number of urea groups is 1. The first-order valence-corrected chi connectivity index (χ1v) is 8.36. The van der Waals surface area contributed by atoms with Gasteiger partial charge < -0.3 is 14.4 Å². The van der Waals surface area contributed by atoms with E-state index in [9.17, 15) is 4.79 Å². The van der Waals surface area contributed by atoms with Gasteiger partial charge in [-0.2, -0.15) is 10.3 Å². The second-order valence-electron chi connectivity index (χ2n) is 5.93. The highest BCUT2D eigenvalue weighted by atomic mass is 16.5. The van der Waals surface area contributed by atoms with E-state index in [1.807, 2.05) is 53.4 Å². The van der Waals surface area contributed by atoms with Crippen LogP contribution in [0.4, 0.5) is 4.79 Å². The molecule has 1 radical (unpaired) electrons. The first-order chi connectivity index (χ1) is 13.2. The lowest BCUT2D eigenvalue weighted by Crippen LogP contribution is -2.37. The molecule has 0 spiro atoms. The van der Waals surface area contributed by atoms with E-state index in [4.69, 9.17) is 9.47 Å². The summed E-state index contributed by atoms with van der Waals surface area (Å²) in [5, 5.41) is 3.87. The monoisotopic (exact) mass is 361 g/mol. The Hall–Kier alpha value is -3.61. The molecule has 0 unspecified atom stereocenters. The average molecular weight is 361 g/mol. The minimum absolute atomic E-state index is 0.326. The predicted molar refractivity (Wildman–Crippen MR) is 102 cm³/mol. The molecule has 2 aromatic carbocycles. The van der Waals surface area contributed by atoms with Gasteiger partial charge in [-0.1, -0.05) is 30.3 Å². The van der Waals surface area contributed by atoms with Crippen LogP contribution in [-0.4, -0.2) is 36.8 Å². The number of rotatable bonds is 5. The molecule has 2 amide bonds. The van der Waals surface area contributed by atoms with Gasteiger partial charge in [-0.3, -0.25) is 0 Å². The summed E-state index contributed by atoms with van der Waals surface area (Å²) in [5.74, 6) is 2.10. The molecular weight excluding hydrogens is 344 g/mol. The molecule has 7 heteroatoms. The van der Waals surface area contributed by atoms with E-state index in [0.29, 0.717) is 29.7 Å². The highest BCUT2D eigenvalue weighted by molar-refractivity contribution is 6.49. The molecule has 0 bridgehead atoms. The van der Waals surface area contributed by atoms with Gasteiger partial charge in [-0.15, -0.1) is 0 Å². The van der Waals surface area contributed by atoms with Gasteiger partial charge in [0, 0.05) is 18.2 Å². The maximum Gasteiger partial charge on any atom is 0.371 e. The Balaban J connectivity index is 1.80. The Labute approximate surface area is 156 Å². The van der Waals surface area contributed by atoms with Gasteiger partial charge in [0.05, 0.1) is 26.1 Å². The summed E-state index contributed by atoms with van der Waals surface area (Å²) in [7, 11) is 3.21. The smallest absolute Gasteiger partial charge is 0.371 e. The van der Waals surface area contributed by atoms with Crippen LogP contribution in [0.5, 0.6) is 11.5 Å². The van der Waals surface area contributed by atoms with Crippen LogP contribution >= 0.6 is 0 Å². The van der Waals surface area contributed by atoms with Crippen LogP contribution in [0.2, 0.25) is 0 Å². The van der Waals surface area contributed by atoms with Crippen molar-refractivity contribution < 1.29 is 14.3 Å². The summed E-state index contributed by atoms with van der Waals surface area (Å²) < 4.78 is 10.8. The van der Waals surface area contributed by atoms with Crippen molar-refractivity contribution >= 4 is 23.4 Å². The Kier molecular flexibility index (Phi) is 4.33. The number of carbonyl (C=O) groups excluding carboxylic acids is 1. The van der Waals surface area contributed by atoms with E-state index in [1.54, 1.807) is 20.4 Å². The van der Waals surface area contributed by atoms with E-state index in [1.165, 1.54) is 0 Å². The number of amidine groups is 2. The van der Waals surface area contributed by atoms with Crippen molar-refractivity contribution in [1.29, 1.82) is 0 Å². The van der Waals surface area contributed by atoms with Crippen molar-refractivity contribution in [2.75, 3.05) is 14.2 Å². The molecule has 0 saturated heterocycles. The summed E-state index contributed by atoms with van der Waals surface area (Å²) in [6.07, 6.45) is 1.68. The Bertz CT molecular complexity index is 980. The van der Waals surface area contributed by atoms with Crippen LogP contribution in [0.15, 0.2) is 64.7 Å². The maximum atomic E-state index is 11.7. The van der Waals surface area contributed by atoms with Crippen LogP contribution in [0.25, 0.3) is 5.70 Å². The molecule has 0 atom stereocenters. The van der Waals surface area contributed by atoms with Gasteiger partial charge in [0.1, 0.15) is 11.5 Å². The van der Waals surface area contributed by atoms with Crippen LogP contribution in [0.3, 0.4) is 0 Å². The number of aliphatic imine (C=N–C) groups is 2. The summed E-state index contributed by atoms with van der Waals surface area (Å²) in [6.45, 7) is 0.516. The molecule has 0 saturated carbocycles. The number of nitrogens with zero attached hydrogens (tertiary/aromatic N) is 4. The molecule has 2 aromatic rings. The van der Waals surface area contributed by atoms with Crippen molar-refractivity contribution in [3.63, 3.8) is 0 Å². The summed E-state index contributed by atoms with van der Waals surface area (Å²) in [5.41, 5.74) is 2.66. The quantitative estimate of drug-likeness (QED) is 0.820. The second-order valence-corrected chi connectivity index (χ2v) is 5.93. The fraction of sp³-hybridized carbons (Fsp3) is 0.150. The number of carbonyl (C=O) groups is 1. The second kappa shape index (κ2) is 6.95. The van der Waals surface area contributed by atoms with Gasteiger partial charge in [0.2, 0.25) is 5.84 Å². The molecule has 0 N–H and O–H groups in total. The number of methoxy groups -OCH3 is 2. The van der Waals surface area contributed by atoms with Crippen LogP contribution in [0.1, 0.15) is 11.1 Å². The summed E-state index contributed by atoms with van der Waals surface area (Å²) >= 11 is 0. The third kappa shape index (κ3) is 3.15. The standard InChI is InChI=1S/C20H17N4O3/c1-26-14-8-9-15(17(10-14)27-2)16-11-21-18-19(23-20(25)22-18)24(16)12-13-6-4-3-5-7-13/h3-11H,12H2,1-2H3. The Morgan fingerprint density at radius 3 is 2.59 bits per heavy atom. The normalized spacial score (nSPS) is 15.4. The fourth-order valence-electron chi connectivity index (χ4n) is 3.03. The SMILES string of the molecule is COc1ccc(C2=CN=C3[N]C(=O)N=C3N2Cc2ccccc2)c(OC)c1. The fourth-order valence-corrected chi connectivity index (χ4v) is 3.03. The van der Waals surface area contributed by atoms with E-state index in [-0.39, 0.29) is 0 Å². The first-order valence-electron chi connectivity index (χ1n) is 8.36. The predicted octanol–water partition coefficient (Wildman–Crippen LogP) is 3.05. The average Bonchev–Trinajstić information content (AvgIpc) is 3.09. The molecule has 0 fully saturated rings. The van der Waals surface area contributed by atoms with Crippen molar-refractivity contribution in [1.82, 2.24) is 10.2 Å². The molecule has 4 rings (SSSR count). The first kappa shape index (κ1) is 16.8. The Morgan fingerprint density at radius 1 is 1.04 bits per heavy atom. The highest BCUT2D eigenvalue weighted by Gasteiger charge is 2.34. The van der Waals surface area contributed by atoms with Crippen LogP contribution in [-0.2, 0) is 6.54 Å². The van der Waals surface area contributed by atoms with Crippen molar-refractivity contribution in [2.24, 2.45) is 9.98 Å². The van der Waals surface area contributed by atoms with Crippen LogP contribution in [0, 0.1) is 0 Å². The molecular formula is C20H17N4O3. The largest absolute Gasteiger partial charge is 0.497 e. The third-order valence-corrected chi connectivity index (χ3v) is 4.33. The van der Waals surface area contributed by atoms with Gasteiger partial charge in [-0.25, -0.2) is 9.79 Å². The van der Waals surface area contributed by atoms with E-state index in [2.05, 4.69) is 15.3 Å². The lowest BCUT2D eigenvalue weighted by atomic mass is 10.1.